The maximum Gasteiger partial charge on any atom is 0.472 e. The van der Waals surface area contributed by atoms with Gasteiger partial charge in [-0.05, 0) is 38.5 Å². The zero-order chi connectivity index (χ0) is 39.6. The van der Waals surface area contributed by atoms with E-state index in [0.29, 0.717) is 12.8 Å². The zero-order valence-corrected chi connectivity index (χ0v) is 36.1. The summed E-state index contributed by atoms with van der Waals surface area (Å²) in [5.74, 6) is -0.836. The van der Waals surface area contributed by atoms with Gasteiger partial charge in [-0.15, -0.1) is 0 Å². The molecule has 3 N–H and O–H groups in total. The second kappa shape index (κ2) is 41.4. The van der Waals surface area contributed by atoms with Gasteiger partial charge >= 0.3 is 19.8 Å². The van der Waals surface area contributed by atoms with Gasteiger partial charge in [0, 0.05) is 19.4 Å². The maximum atomic E-state index is 12.6. The molecule has 2 atom stereocenters. The maximum absolute atomic E-state index is 12.6. The summed E-state index contributed by atoms with van der Waals surface area (Å²) in [6.45, 7) is 3.74. The first-order chi connectivity index (χ1) is 26.3. The smallest absolute Gasteiger partial charge is 0.462 e. The molecule has 0 aromatic rings. The third-order valence-electron chi connectivity index (χ3n) is 9.90. The molecule has 0 aliphatic carbocycles. The van der Waals surface area contributed by atoms with Crippen LogP contribution in [0.15, 0.2) is 12.2 Å². The van der Waals surface area contributed by atoms with Crippen molar-refractivity contribution in [1.29, 1.82) is 0 Å². The Labute approximate surface area is 332 Å². The number of esters is 2. The number of unbranched alkanes of at least 4 members (excludes halogenated alkanes) is 28. The van der Waals surface area contributed by atoms with Gasteiger partial charge in [0.2, 0.25) is 0 Å². The summed E-state index contributed by atoms with van der Waals surface area (Å²) in [6.07, 6.45) is 42.5. The van der Waals surface area contributed by atoms with Gasteiger partial charge in [-0.25, -0.2) is 4.57 Å². The van der Waals surface area contributed by atoms with Gasteiger partial charge in [0.25, 0.3) is 0 Å². The second-order valence-electron chi connectivity index (χ2n) is 15.3. The van der Waals surface area contributed by atoms with E-state index in [9.17, 15) is 19.0 Å². The van der Waals surface area contributed by atoms with Crippen LogP contribution in [0.3, 0.4) is 0 Å². The van der Waals surface area contributed by atoms with Crippen LogP contribution < -0.4 is 5.73 Å². The van der Waals surface area contributed by atoms with Crippen LogP contribution in [0, 0.1) is 0 Å². The average molecular weight is 788 g/mol. The largest absolute Gasteiger partial charge is 0.472 e. The summed E-state index contributed by atoms with van der Waals surface area (Å²) in [6, 6.07) is 0. The van der Waals surface area contributed by atoms with Crippen LogP contribution in [-0.2, 0) is 32.7 Å². The molecule has 0 heterocycles. The van der Waals surface area contributed by atoms with Crippen LogP contribution in [0.1, 0.15) is 226 Å². The SMILES string of the molecule is CCCCCCCC/C=C/CCCCCC(=O)OC[C@H](COP(=O)(O)OCCN)OC(=O)CCCCCCCCCCCCCCCCCCCCCC. The Bertz CT molecular complexity index is 902. The van der Waals surface area contributed by atoms with Gasteiger partial charge < -0.3 is 20.1 Å². The van der Waals surface area contributed by atoms with Crippen molar-refractivity contribution in [3.05, 3.63) is 12.2 Å². The minimum absolute atomic E-state index is 0.0545. The number of hydrogen-bond acceptors (Lipinski definition) is 8. The van der Waals surface area contributed by atoms with Crippen LogP contribution >= 0.6 is 7.82 Å². The van der Waals surface area contributed by atoms with Crippen molar-refractivity contribution in [3.8, 4) is 0 Å². The van der Waals surface area contributed by atoms with Gasteiger partial charge in [0.05, 0.1) is 13.2 Å². The molecule has 0 aromatic carbocycles. The number of ether oxygens (including phenoxy) is 2. The van der Waals surface area contributed by atoms with Crippen molar-refractivity contribution in [3.63, 3.8) is 0 Å². The topological polar surface area (TPSA) is 134 Å². The molecule has 1 unspecified atom stereocenters. The lowest BCUT2D eigenvalue weighted by Gasteiger charge is -2.19. The fourth-order valence-corrected chi connectivity index (χ4v) is 7.28. The first-order valence-corrected chi connectivity index (χ1v) is 24.2. The van der Waals surface area contributed by atoms with Crippen LogP contribution in [0.4, 0.5) is 0 Å². The third-order valence-corrected chi connectivity index (χ3v) is 10.9. The number of carbonyl (C=O) groups excluding carboxylic acids is 2. The molecule has 320 valence electrons. The molecule has 0 saturated carbocycles. The lowest BCUT2D eigenvalue weighted by molar-refractivity contribution is -0.161. The predicted octanol–water partition coefficient (Wildman–Crippen LogP) is 13.0. The summed E-state index contributed by atoms with van der Waals surface area (Å²) in [5, 5.41) is 0. The van der Waals surface area contributed by atoms with Crippen molar-refractivity contribution >= 4 is 19.8 Å². The summed E-state index contributed by atoms with van der Waals surface area (Å²) in [4.78, 5) is 34.9. The zero-order valence-electron chi connectivity index (χ0n) is 35.2. The molecule has 0 bridgehead atoms. The van der Waals surface area contributed by atoms with Crippen molar-refractivity contribution in [1.82, 2.24) is 0 Å². The highest BCUT2D eigenvalue weighted by Gasteiger charge is 2.26. The Morgan fingerprint density at radius 3 is 1.33 bits per heavy atom. The van der Waals surface area contributed by atoms with Crippen molar-refractivity contribution in [2.45, 2.75) is 232 Å². The minimum Gasteiger partial charge on any atom is -0.462 e. The van der Waals surface area contributed by atoms with E-state index in [2.05, 4.69) is 26.0 Å². The van der Waals surface area contributed by atoms with Gasteiger partial charge in [-0.1, -0.05) is 187 Å². The van der Waals surface area contributed by atoms with E-state index in [1.165, 1.54) is 148 Å². The molecule has 0 rings (SSSR count). The number of carbonyl (C=O) groups is 2. The van der Waals surface area contributed by atoms with E-state index in [4.69, 9.17) is 24.3 Å². The van der Waals surface area contributed by atoms with Crippen molar-refractivity contribution < 1.29 is 37.6 Å². The molecule has 10 heteroatoms. The van der Waals surface area contributed by atoms with Crippen LogP contribution in [0.2, 0.25) is 0 Å². The Balaban J connectivity index is 4.07. The molecule has 0 aromatic heterocycles. The molecule has 0 fully saturated rings. The second-order valence-corrected chi connectivity index (χ2v) is 16.7. The standard InChI is InChI=1S/C44H86NO8P/c1-3-5-7-9-11-13-15-17-18-19-20-21-22-23-25-27-29-31-33-35-37-44(47)53-42(41-52-54(48,49)51-39-38-45)40-50-43(46)36-34-32-30-28-26-24-16-14-12-10-8-6-4-2/h24,26,42H,3-23,25,27-41,45H2,1-2H3,(H,48,49)/b26-24+/t42-/m1/s1. The van der Waals surface area contributed by atoms with Gasteiger partial charge in [-0.3, -0.25) is 18.6 Å². The lowest BCUT2D eigenvalue weighted by atomic mass is 10.0. The summed E-state index contributed by atoms with van der Waals surface area (Å²) in [7, 11) is -4.37. The van der Waals surface area contributed by atoms with E-state index >= 15 is 0 Å². The molecule has 0 aliphatic rings. The van der Waals surface area contributed by atoms with Gasteiger partial charge in [0.1, 0.15) is 6.61 Å². The molecule has 0 saturated heterocycles. The predicted molar refractivity (Wildman–Crippen MR) is 224 cm³/mol. The molecule has 54 heavy (non-hydrogen) atoms. The molecule has 0 spiro atoms. The van der Waals surface area contributed by atoms with Gasteiger partial charge in [-0.2, -0.15) is 0 Å². The normalized spacial score (nSPS) is 13.3. The molecular weight excluding hydrogens is 701 g/mol. The Morgan fingerprint density at radius 2 is 0.907 bits per heavy atom. The molecule has 0 amide bonds. The van der Waals surface area contributed by atoms with Crippen LogP contribution in [-0.4, -0.2) is 49.3 Å². The average Bonchev–Trinajstić information content (AvgIpc) is 3.16. The highest BCUT2D eigenvalue weighted by Crippen LogP contribution is 2.43. The first-order valence-electron chi connectivity index (χ1n) is 22.7. The molecule has 9 nitrogen and oxygen atoms in total. The highest BCUT2D eigenvalue weighted by molar-refractivity contribution is 7.47. The Kier molecular flexibility index (Phi) is 40.4. The van der Waals surface area contributed by atoms with Crippen LogP contribution in [0.5, 0.6) is 0 Å². The quantitative estimate of drug-likeness (QED) is 0.0268. The number of hydrogen-bond donors (Lipinski definition) is 2. The number of nitrogens with two attached hydrogens (primary N) is 1. The summed E-state index contributed by atoms with van der Waals surface area (Å²) >= 11 is 0. The number of phosphoric ester groups is 1. The Hall–Kier alpha value is -1.25. The van der Waals surface area contributed by atoms with E-state index in [1.54, 1.807) is 0 Å². The number of rotatable bonds is 43. The number of phosphoric acid groups is 1. The summed E-state index contributed by atoms with van der Waals surface area (Å²) < 4.78 is 32.8. The van der Waals surface area contributed by atoms with Crippen molar-refractivity contribution in [2.24, 2.45) is 5.73 Å². The monoisotopic (exact) mass is 788 g/mol. The van der Waals surface area contributed by atoms with E-state index in [0.717, 1.165) is 38.5 Å². The minimum atomic E-state index is -4.37. The van der Waals surface area contributed by atoms with Gasteiger partial charge in [0.15, 0.2) is 6.10 Å². The highest BCUT2D eigenvalue weighted by atomic mass is 31.2. The van der Waals surface area contributed by atoms with Crippen LogP contribution in [0.25, 0.3) is 0 Å². The molecule has 0 aliphatic heterocycles. The lowest BCUT2D eigenvalue weighted by Crippen LogP contribution is -2.29. The fourth-order valence-electron chi connectivity index (χ4n) is 6.51. The fraction of sp³-hybridized carbons (Fsp3) is 0.909. The van der Waals surface area contributed by atoms with E-state index in [1.807, 2.05) is 0 Å². The van der Waals surface area contributed by atoms with Crippen molar-refractivity contribution in [2.75, 3.05) is 26.4 Å². The Morgan fingerprint density at radius 1 is 0.537 bits per heavy atom. The van der Waals surface area contributed by atoms with E-state index in [-0.39, 0.29) is 32.6 Å². The third kappa shape index (κ3) is 40.4. The van der Waals surface area contributed by atoms with E-state index < -0.39 is 32.5 Å². The number of allylic oxidation sites excluding steroid dienone is 2. The molecule has 0 radical (unpaired) electrons. The first kappa shape index (κ1) is 52.8. The molecular formula is C44H86NO8P. The summed E-state index contributed by atoms with van der Waals surface area (Å²) in [5.41, 5.74) is 5.35.